The van der Waals surface area contributed by atoms with Crippen molar-refractivity contribution in [1.82, 2.24) is 30.0 Å². The van der Waals surface area contributed by atoms with E-state index < -0.39 is 17.3 Å². The molecule has 1 saturated heterocycles. The van der Waals surface area contributed by atoms with Crippen molar-refractivity contribution in [2.45, 2.75) is 37.8 Å². The summed E-state index contributed by atoms with van der Waals surface area (Å²) in [5, 5.41) is 10.5. The number of benzene rings is 1. The van der Waals surface area contributed by atoms with Gasteiger partial charge in [-0.2, -0.15) is 9.36 Å². The van der Waals surface area contributed by atoms with Crippen LogP contribution >= 0.6 is 0 Å². The molecule has 2 fully saturated rings. The first-order chi connectivity index (χ1) is 12.1. The number of tetrazole rings is 1. The zero-order chi connectivity index (χ0) is 17.4. The molecule has 1 aromatic heterocycles. The number of carbonyl (C=O) groups excluding carboxylic acids is 2. The van der Waals surface area contributed by atoms with Gasteiger partial charge in [0.15, 0.2) is 0 Å². The molecule has 1 saturated carbocycles. The number of hydrogen-bond donors (Lipinski definition) is 1. The van der Waals surface area contributed by atoms with E-state index in [1.165, 1.54) is 9.58 Å². The van der Waals surface area contributed by atoms with E-state index in [9.17, 15) is 14.4 Å². The summed E-state index contributed by atoms with van der Waals surface area (Å²) in [5.74, 6) is -0.196. The Balaban J connectivity index is 1.49. The largest absolute Gasteiger partial charge is 0.368 e. The predicted molar refractivity (Wildman–Crippen MR) is 87.1 cm³/mol. The molecule has 2 aromatic rings. The second-order valence-corrected chi connectivity index (χ2v) is 6.41. The predicted octanol–water partition coefficient (Wildman–Crippen LogP) is 0.294. The van der Waals surface area contributed by atoms with Crippen LogP contribution in [0.1, 0.15) is 25.7 Å². The van der Waals surface area contributed by atoms with Gasteiger partial charge in [-0.25, -0.2) is 9.59 Å². The summed E-state index contributed by atoms with van der Waals surface area (Å²) >= 11 is 0. The van der Waals surface area contributed by atoms with Crippen LogP contribution in [0, 0.1) is 0 Å². The van der Waals surface area contributed by atoms with Crippen LogP contribution in [-0.2, 0) is 11.3 Å². The zero-order valence-corrected chi connectivity index (χ0v) is 13.6. The van der Waals surface area contributed by atoms with Gasteiger partial charge < -0.3 is 5.32 Å². The van der Waals surface area contributed by atoms with Gasteiger partial charge in [0.25, 0.3) is 5.91 Å². The molecule has 2 heterocycles. The monoisotopic (exact) mass is 342 g/mol. The molecule has 2 aliphatic rings. The topological polar surface area (TPSA) is 102 Å². The average molecular weight is 342 g/mol. The van der Waals surface area contributed by atoms with Crippen molar-refractivity contribution in [3.05, 3.63) is 40.8 Å². The van der Waals surface area contributed by atoms with Crippen LogP contribution in [0.15, 0.2) is 35.1 Å². The van der Waals surface area contributed by atoms with Crippen LogP contribution in [0.4, 0.5) is 4.79 Å². The molecule has 9 heteroatoms. The first-order valence-electron chi connectivity index (χ1n) is 8.33. The van der Waals surface area contributed by atoms with E-state index in [0.717, 1.165) is 17.5 Å². The van der Waals surface area contributed by atoms with Gasteiger partial charge in [0.2, 0.25) is 0 Å². The highest BCUT2D eigenvalue weighted by molar-refractivity contribution is 6.07. The lowest BCUT2D eigenvalue weighted by Gasteiger charge is -2.19. The molecule has 1 aliphatic heterocycles. The van der Waals surface area contributed by atoms with Gasteiger partial charge in [-0.05, 0) is 35.4 Å². The van der Waals surface area contributed by atoms with Gasteiger partial charge in [0.1, 0.15) is 5.54 Å². The maximum Gasteiger partial charge on any atom is 0.368 e. The number of imide groups is 1. The van der Waals surface area contributed by atoms with Crippen LogP contribution in [0.2, 0.25) is 0 Å². The summed E-state index contributed by atoms with van der Waals surface area (Å²) in [7, 11) is 0. The summed E-state index contributed by atoms with van der Waals surface area (Å²) in [6.07, 6.45) is 3.23. The molecule has 9 nitrogen and oxygen atoms in total. The molecule has 4 rings (SSSR count). The number of urea groups is 1. The smallest absolute Gasteiger partial charge is 0.323 e. The first-order valence-corrected chi connectivity index (χ1v) is 8.33. The number of hydrogen-bond acceptors (Lipinski definition) is 5. The highest BCUT2D eigenvalue weighted by Gasteiger charge is 2.52. The Morgan fingerprint density at radius 1 is 1.00 bits per heavy atom. The van der Waals surface area contributed by atoms with E-state index in [0.29, 0.717) is 18.5 Å². The third kappa shape index (κ3) is 2.51. The minimum atomic E-state index is -0.732. The quantitative estimate of drug-likeness (QED) is 0.805. The molecular weight excluding hydrogens is 324 g/mol. The lowest BCUT2D eigenvalue weighted by Crippen LogP contribution is -2.44. The molecule has 0 unspecified atom stereocenters. The number of nitrogens with one attached hydrogen (secondary N) is 1. The van der Waals surface area contributed by atoms with Crippen LogP contribution in [0.3, 0.4) is 0 Å². The molecule has 1 aromatic carbocycles. The van der Waals surface area contributed by atoms with Gasteiger partial charge >= 0.3 is 11.7 Å². The molecule has 0 atom stereocenters. The number of aromatic nitrogens is 4. The van der Waals surface area contributed by atoms with Crippen LogP contribution in [0.5, 0.6) is 0 Å². The molecule has 1 spiro atoms. The van der Waals surface area contributed by atoms with Crippen molar-refractivity contribution in [3.63, 3.8) is 0 Å². The molecule has 25 heavy (non-hydrogen) atoms. The maximum absolute atomic E-state index is 12.6. The van der Waals surface area contributed by atoms with Gasteiger partial charge in [-0.3, -0.25) is 9.69 Å². The minimum Gasteiger partial charge on any atom is -0.323 e. The highest BCUT2D eigenvalue weighted by Crippen LogP contribution is 2.34. The minimum absolute atomic E-state index is 0.0970. The fourth-order valence-corrected chi connectivity index (χ4v) is 3.54. The maximum atomic E-state index is 12.6. The Hall–Kier alpha value is -2.97. The third-order valence-electron chi connectivity index (χ3n) is 4.88. The molecule has 3 amide bonds. The fourth-order valence-electron chi connectivity index (χ4n) is 3.54. The highest BCUT2D eigenvalue weighted by atomic mass is 16.2. The lowest BCUT2D eigenvalue weighted by atomic mass is 9.98. The number of amides is 3. The van der Waals surface area contributed by atoms with Crippen LogP contribution in [0.25, 0.3) is 5.69 Å². The number of rotatable bonds is 4. The lowest BCUT2D eigenvalue weighted by molar-refractivity contribution is -0.131. The van der Waals surface area contributed by atoms with E-state index in [1.807, 2.05) is 6.07 Å². The summed E-state index contributed by atoms with van der Waals surface area (Å²) < 4.78 is 2.34. The summed E-state index contributed by atoms with van der Waals surface area (Å²) in [4.78, 5) is 38.3. The third-order valence-corrected chi connectivity index (χ3v) is 4.88. The first kappa shape index (κ1) is 15.6. The van der Waals surface area contributed by atoms with Crippen molar-refractivity contribution in [3.8, 4) is 5.69 Å². The van der Waals surface area contributed by atoms with E-state index >= 15 is 0 Å². The molecule has 0 bridgehead atoms. The van der Waals surface area contributed by atoms with E-state index in [-0.39, 0.29) is 19.0 Å². The van der Waals surface area contributed by atoms with Crippen molar-refractivity contribution < 1.29 is 9.59 Å². The molecule has 1 aliphatic carbocycles. The Morgan fingerprint density at radius 3 is 2.44 bits per heavy atom. The Kier molecular flexibility index (Phi) is 3.63. The molecular formula is C16H18N6O3. The van der Waals surface area contributed by atoms with Gasteiger partial charge in [0.05, 0.1) is 18.8 Å². The summed E-state index contributed by atoms with van der Waals surface area (Å²) in [5.41, 5.74) is -0.531. The van der Waals surface area contributed by atoms with Crippen molar-refractivity contribution >= 4 is 11.9 Å². The Morgan fingerprint density at radius 2 is 1.72 bits per heavy atom. The zero-order valence-electron chi connectivity index (χ0n) is 13.6. The van der Waals surface area contributed by atoms with Crippen molar-refractivity contribution in [2.24, 2.45) is 0 Å². The average Bonchev–Trinajstić information content (AvgIpc) is 3.29. The normalized spacial score (nSPS) is 19.0. The van der Waals surface area contributed by atoms with Crippen molar-refractivity contribution in [2.75, 3.05) is 6.54 Å². The van der Waals surface area contributed by atoms with Gasteiger partial charge in [0, 0.05) is 0 Å². The van der Waals surface area contributed by atoms with E-state index in [1.54, 1.807) is 24.3 Å². The molecule has 1 N–H and O–H groups in total. The van der Waals surface area contributed by atoms with Gasteiger partial charge in [-0.15, -0.1) is 0 Å². The summed E-state index contributed by atoms with van der Waals surface area (Å²) in [6, 6.07) is 8.55. The Bertz CT molecular complexity index is 865. The van der Waals surface area contributed by atoms with Crippen LogP contribution < -0.4 is 11.0 Å². The van der Waals surface area contributed by atoms with Crippen molar-refractivity contribution in [1.29, 1.82) is 0 Å². The SMILES string of the molecule is O=C1NC2(CCCC2)C(=O)N1CCn1nnn(-c2ccccc2)c1=O. The van der Waals surface area contributed by atoms with E-state index in [2.05, 4.69) is 15.7 Å². The Labute approximate surface area is 143 Å². The number of para-hydroxylation sites is 1. The second-order valence-electron chi connectivity index (χ2n) is 6.41. The summed E-state index contributed by atoms with van der Waals surface area (Å²) in [6.45, 7) is 0.209. The number of carbonyl (C=O) groups is 2. The fraction of sp³-hybridized carbons (Fsp3) is 0.438. The second kappa shape index (κ2) is 5.83. The number of nitrogens with zero attached hydrogens (tertiary/aromatic N) is 5. The standard InChI is InChI=1S/C16H18N6O3/c23-13-16(8-4-5-9-16)17-14(24)20(13)10-11-21-15(25)22(19-18-21)12-6-2-1-3-7-12/h1-3,6-7H,4-5,8-11H2,(H,17,24). The molecule has 130 valence electrons. The van der Waals surface area contributed by atoms with Gasteiger partial charge in [-0.1, -0.05) is 31.0 Å². The van der Waals surface area contributed by atoms with Crippen LogP contribution in [-0.4, -0.2) is 48.7 Å². The van der Waals surface area contributed by atoms with E-state index in [4.69, 9.17) is 0 Å². The molecule has 0 radical (unpaired) electrons.